The average molecular weight is 319 g/mol. The van der Waals surface area contributed by atoms with Gasteiger partial charge in [-0.05, 0) is 44.7 Å². The van der Waals surface area contributed by atoms with E-state index in [9.17, 15) is 4.79 Å². The highest BCUT2D eigenvalue weighted by atomic mass is 35.5. The quantitative estimate of drug-likeness (QED) is 0.894. The Kier molecular flexibility index (Phi) is 6.30. The molecule has 0 fully saturated rings. The molecule has 1 unspecified atom stereocenters. The summed E-state index contributed by atoms with van der Waals surface area (Å²) >= 11 is 7.44. The van der Waals surface area contributed by atoms with Crippen LogP contribution in [0.4, 0.5) is 4.79 Å². The minimum atomic E-state index is -0.459. The smallest absolute Gasteiger partial charge is 0.410 e. The lowest BCUT2D eigenvalue weighted by Crippen LogP contribution is -2.38. The molecule has 0 bridgehead atoms. The van der Waals surface area contributed by atoms with Gasteiger partial charge < -0.3 is 15.0 Å². The number of ether oxygens (including phenoxy) is 1. The van der Waals surface area contributed by atoms with E-state index < -0.39 is 5.60 Å². The molecule has 1 atom stereocenters. The summed E-state index contributed by atoms with van der Waals surface area (Å²) < 4.78 is 6.08. The number of thiophene rings is 1. The maximum Gasteiger partial charge on any atom is 0.410 e. The van der Waals surface area contributed by atoms with Gasteiger partial charge in [-0.15, -0.1) is 11.3 Å². The second-order valence-electron chi connectivity index (χ2n) is 5.76. The molecule has 0 spiro atoms. The van der Waals surface area contributed by atoms with Gasteiger partial charge >= 0.3 is 6.09 Å². The summed E-state index contributed by atoms with van der Waals surface area (Å²) in [7, 11) is 1.74. The van der Waals surface area contributed by atoms with Gasteiger partial charge in [-0.3, -0.25) is 0 Å². The second-order valence-corrected chi connectivity index (χ2v) is 7.30. The number of hydrogen-bond acceptors (Lipinski definition) is 4. The molecule has 4 nitrogen and oxygen atoms in total. The lowest BCUT2D eigenvalue weighted by molar-refractivity contribution is 0.0299. The number of nitrogens with zero attached hydrogens (tertiary/aromatic N) is 1. The normalized spacial score (nSPS) is 13.1. The molecule has 1 amide bonds. The highest BCUT2D eigenvalue weighted by Gasteiger charge is 2.19. The second kappa shape index (κ2) is 7.29. The summed E-state index contributed by atoms with van der Waals surface area (Å²) in [5, 5.41) is 5.40. The van der Waals surface area contributed by atoms with Crippen LogP contribution in [0.25, 0.3) is 0 Å². The van der Waals surface area contributed by atoms with E-state index in [4.69, 9.17) is 16.3 Å². The van der Waals surface area contributed by atoms with E-state index in [1.165, 1.54) is 16.9 Å². The third kappa shape index (κ3) is 6.11. The van der Waals surface area contributed by atoms with Crippen LogP contribution in [0.15, 0.2) is 11.4 Å². The highest BCUT2D eigenvalue weighted by Crippen LogP contribution is 2.24. The molecule has 0 saturated heterocycles. The van der Waals surface area contributed by atoms with Gasteiger partial charge in [-0.1, -0.05) is 11.6 Å². The number of carbonyl (C=O) groups is 1. The van der Waals surface area contributed by atoms with Crippen LogP contribution in [-0.2, 0) is 4.74 Å². The Morgan fingerprint density at radius 3 is 2.70 bits per heavy atom. The maximum absolute atomic E-state index is 11.8. The van der Waals surface area contributed by atoms with Crippen molar-refractivity contribution >= 4 is 29.0 Å². The summed E-state index contributed by atoms with van der Waals surface area (Å²) in [6.45, 7) is 8.95. The van der Waals surface area contributed by atoms with Crippen LogP contribution < -0.4 is 5.32 Å². The van der Waals surface area contributed by atoms with Gasteiger partial charge in [0.05, 0.1) is 4.34 Å². The van der Waals surface area contributed by atoms with E-state index in [1.54, 1.807) is 11.9 Å². The first-order chi connectivity index (χ1) is 9.19. The van der Waals surface area contributed by atoms with Crippen molar-refractivity contribution in [2.24, 2.45) is 0 Å². The fraction of sp³-hybridized carbons (Fsp3) is 0.643. The lowest BCUT2D eigenvalue weighted by Gasteiger charge is -2.25. The molecule has 0 aliphatic carbocycles. The fourth-order valence-corrected chi connectivity index (χ4v) is 2.53. The third-order valence-electron chi connectivity index (χ3n) is 2.69. The zero-order valence-electron chi connectivity index (χ0n) is 12.7. The number of hydrogen-bond donors (Lipinski definition) is 1. The van der Waals surface area contributed by atoms with Crippen molar-refractivity contribution in [3.8, 4) is 0 Å². The van der Waals surface area contributed by atoms with E-state index in [0.29, 0.717) is 13.1 Å². The zero-order chi connectivity index (χ0) is 15.3. The van der Waals surface area contributed by atoms with Gasteiger partial charge in [0.15, 0.2) is 0 Å². The first-order valence-corrected chi connectivity index (χ1v) is 7.86. The fourth-order valence-electron chi connectivity index (χ4n) is 1.55. The topological polar surface area (TPSA) is 41.6 Å². The molecule has 6 heteroatoms. The lowest BCUT2D eigenvalue weighted by atomic mass is 10.2. The number of nitrogens with one attached hydrogen (secondary N) is 1. The van der Waals surface area contributed by atoms with Gasteiger partial charge in [-0.25, -0.2) is 4.79 Å². The summed E-state index contributed by atoms with van der Waals surface area (Å²) in [6.07, 6.45) is -0.300. The predicted molar refractivity (Wildman–Crippen MR) is 84.6 cm³/mol. The van der Waals surface area contributed by atoms with Crippen molar-refractivity contribution in [2.45, 2.75) is 39.3 Å². The summed E-state index contributed by atoms with van der Waals surface area (Å²) in [4.78, 5) is 13.3. The number of carbonyl (C=O) groups excluding carboxylic acids is 1. The van der Waals surface area contributed by atoms with Gasteiger partial charge in [0.1, 0.15) is 5.60 Å². The Morgan fingerprint density at radius 2 is 2.20 bits per heavy atom. The Labute approximate surface area is 130 Å². The molecule has 0 aliphatic heterocycles. The van der Waals surface area contributed by atoms with Crippen molar-refractivity contribution in [3.05, 3.63) is 21.3 Å². The highest BCUT2D eigenvalue weighted by molar-refractivity contribution is 7.14. The van der Waals surface area contributed by atoms with Crippen LogP contribution in [0, 0.1) is 0 Å². The van der Waals surface area contributed by atoms with E-state index in [2.05, 4.69) is 12.2 Å². The van der Waals surface area contributed by atoms with E-state index in [1.807, 2.05) is 32.2 Å². The SMILES string of the molecule is CC(NCCN(C)C(=O)OC(C)(C)C)c1csc(Cl)c1. The van der Waals surface area contributed by atoms with Crippen LogP contribution in [0.5, 0.6) is 0 Å². The Morgan fingerprint density at radius 1 is 1.55 bits per heavy atom. The zero-order valence-corrected chi connectivity index (χ0v) is 14.3. The Bertz CT molecular complexity index is 443. The molecule has 114 valence electrons. The van der Waals surface area contributed by atoms with Gasteiger partial charge in [0, 0.05) is 26.2 Å². The maximum atomic E-state index is 11.8. The summed E-state index contributed by atoms with van der Waals surface area (Å²) in [5.41, 5.74) is 0.708. The molecule has 1 heterocycles. The molecule has 0 aromatic carbocycles. The van der Waals surface area contributed by atoms with Crippen LogP contribution >= 0.6 is 22.9 Å². The van der Waals surface area contributed by atoms with Gasteiger partial charge in [0.2, 0.25) is 0 Å². The summed E-state index contributed by atoms with van der Waals surface area (Å²) in [6, 6.07) is 2.17. The van der Waals surface area contributed by atoms with E-state index >= 15 is 0 Å². The molecule has 1 aromatic heterocycles. The van der Waals surface area contributed by atoms with Crippen molar-refractivity contribution in [2.75, 3.05) is 20.1 Å². The molecule has 1 aromatic rings. The number of likely N-dealkylation sites (N-methyl/N-ethyl adjacent to an activating group) is 1. The largest absolute Gasteiger partial charge is 0.444 e. The minimum Gasteiger partial charge on any atom is -0.444 e. The monoisotopic (exact) mass is 318 g/mol. The predicted octanol–water partition coefficient (Wildman–Crippen LogP) is 3.92. The number of rotatable bonds is 5. The summed E-state index contributed by atoms with van der Waals surface area (Å²) in [5.74, 6) is 0. The van der Waals surface area contributed by atoms with Crippen molar-refractivity contribution in [1.82, 2.24) is 10.2 Å². The number of amides is 1. The van der Waals surface area contributed by atoms with Crippen LogP contribution in [0.2, 0.25) is 4.34 Å². The van der Waals surface area contributed by atoms with Crippen molar-refractivity contribution in [3.63, 3.8) is 0 Å². The molecule has 1 rings (SSSR count). The van der Waals surface area contributed by atoms with E-state index in [0.717, 1.165) is 4.34 Å². The van der Waals surface area contributed by atoms with Gasteiger partial charge in [0.25, 0.3) is 0 Å². The Balaban J connectivity index is 2.31. The van der Waals surface area contributed by atoms with Crippen LogP contribution in [-0.4, -0.2) is 36.7 Å². The first-order valence-electron chi connectivity index (χ1n) is 6.60. The molecule has 0 aliphatic rings. The van der Waals surface area contributed by atoms with Crippen LogP contribution in [0.3, 0.4) is 0 Å². The Hall–Kier alpha value is -0.780. The third-order valence-corrected chi connectivity index (χ3v) is 3.80. The minimum absolute atomic E-state index is 0.214. The molecular formula is C14H23ClN2O2S. The van der Waals surface area contributed by atoms with Crippen molar-refractivity contribution in [1.29, 1.82) is 0 Å². The molecule has 1 N–H and O–H groups in total. The van der Waals surface area contributed by atoms with E-state index in [-0.39, 0.29) is 12.1 Å². The van der Waals surface area contributed by atoms with Crippen LogP contribution in [0.1, 0.15) is 39.3 Å². The molecular weight excluding hydrogens is 296 g/mol. The molecule has 0 radical (unpaired) electrons. The average Bonchev–Trinajstić information content (AvgIpc) is 2.73. The standard InChI is InChI=1S/C14H23ClN2O2S/c1-10(11-8-12(15)20-9-11)16-6-7-17(5)13(18)19-14(2,3)4/h8-10,16H,6-7H2,1-5H3. The number of halogens is 1. The first kappa shape index (κ1) is 17.3. The van der Waals surface area contributed by atoms with Crippen molar-refractivity contribution < 1.29 is 9.53 Å². The van der Waals surface area contributed by atoms with Gasteiger partial charge in [-0.2, -0.15) is 0 Å². The molecule has 20 heavy (non-hydrogen) atoms. The molecule has 0 saturated carbocycles.